The van der Waals surface area contributed by atoms with Gasteiger partial charge in [-0.3, -0.25) is 0 Å². The highest BCUT2D eigenvalue weighted by Gasteiger charge is 2.05. The van der Waals surface area contributed by atoms with Gasteiger partial charge in [-0.25, -0.2) is 0 Å². The second kappa shape index (κ2) is 6.73. The maximum absolute atomic E-state index is 5.66. The molecule has 2 rings (SSSR count). The molecule has 1 N–H and O–H groups in total. The summed E-state index contributed by atoms with van der Waals surface area (Å²) in [6, 6.07) is 8.33. The van der Waals surface area contributed by atoms with E-state index in [4.69, 9.17) is 9.26 Å². The molecule has 0 atom stereocenters. The van der Waals surface area contributed by atoms with Crippen LogP contribution in [0.15, 0.2) is 39.5 Å². The largest absolute Gasteiger partial charge is 0.484 e. The average molecular weight is 325 g/mol. The van der Waals surface area contributed by atoms with Gasteiger partial charge in [0.1, 0.15) is 12.4 Å². The van der Waals surface area contributed by atoms with Gasteiger partial charge in [0.2, 0.25) is 0 Å². The Labute approximate surface area is 121 Å². The summed E-state index contributed by atoms with van der Waals surface area (Å²) in [7, 11) is 0. The Morgan fingerprint density at radius 3 is 2.84 bits per heavy atom. The molecule has 0 aliphatic carbocycles. The molecule has 0 aliphatic rings. The molecule has 0 saturated carbocycles. The molecular formula is C14H17BrN2O2. The van der Waals surface area contributed by atoms with E-state index in [-0.39, 0.29) is 0 Å². The van der Waals surface area contributed by atoms with Crippen LogP contribution in [0.1, 0.15) is 25.2 Å². The van der Waals surface area contributed by atoms with Crippen LogP contribution in [-0.4, -0.2) is 11.2 Å². The zero-order valence-electron chi connectivity index (χ0n) is 11.0. The Morgan fingerprint density at radius 1 is 1.37 bits per heavy atom. The number of benzene rings is 1. The first-order chi connectivity index (χ1) is 9.15. The van der Waals surface area contributed by atoms with Crippen LogP contribution < -0.4 is 10.1 Å². The van der Waals surface area contributed by atoms with Gasteiger partial charge in [0.05, 0.1) is 10.7 Å². The van der Waals surface area contributed by atoms with Crippen LogP contribution >= 0.6 is 15.9 Å². The minimum absolute atomic E-state index is 0.377. The molecular weight excluding hydrogens is 308 g/mol. The highest BCUT2D eigenvalue weighted by Crippen LogP contribution is 2.26. The monoisotopic (exact) mass is 324 g/mol. The first kappa shape index (κ1) is 14.1. The number of halogens is 1. The molecule has 1 heterocycles. The van der Waals surface area contributed by atoms with Crippen molar-refractivity contribution in [1.29, 1.82) is 0 Å². The van der Waals surface area contributed by atoms with Crippen molar-refractivity contribution in [2.75, 3.05) is 0 Å². The van der Waals surface area contributed by atoms with Crippen LogP contribution in [0.2, 0.25) is 0 Å². The first-order valence-corrected chi connectivity index (χ1v) is 6.98. The summed E-state index contributed by atoms with van der Waals surface area (Å²) in [6.07, 6.45) is 1.61. The van der Waals surface area contributed by atoms with Crippen molar-refractivity contribution in [3.8, 4) is 5.75 Å². The summed E-state index contributed by atoms with van der Waals surface area (Å²) in [4.78, 5) is 0. The van der Waals surface area contributed by atoms with Gasteiger partial charge in [0.25, 0.3) is 0 Å². The lowest BCUT2D eigenvalue weighted by molar-refractivity contribution is 0.248. The normalized spacial score (nSPS) is 10.9. The molecule has 19 heavy (non-hydrogen) atoms. The van der Waals surface area contributed by atoms with Crippen LogP contribution in [0.5, 0.6) is 5.75 Å². The summed E-state index contributed by atoms with van der Waals surface area (Å²) in [5.74, 6) is 1.50. The smallest absolute Gasteiger partial charge is 0.174 e. The van der Waals surface area contributed by atoms with Crippen molar-refractivity contribution in [2.24, 2.45) is 0 Å². The molecule has 0 saturated heterocycles. The fraction of sp³-hybridized carbons (Fsp3) is 0.357. The van der Waals surface area contributed by atoms with Crippen molar-refractivity contribution in [1.82, 2.24) is 10.5 Å². The summed E-state index contributed by atoms with van der Waals surface area (Å²) in [5.41, 5.74) is 1.22. The highest BCUT2D eigenvalue weighted by molar-refractivity contribution is 9.10. The zero-order valence-corrected chi connectivity index (χ0v) is 12.6. The second-order valence-corrected chi connectivity index (χ2v) is 5.42. The molecule has 0 aliphatic heterocycles. The molecule has 2 aromatic rings. The molecule has 1 aromatic carbocycles. The van der Waals surface area contributed by atoms with Crippen molar-refractivity contribution < 1.29 is 9.26 Å². The van der Waals surface area contributed by atoms with Crippen molar-refractivity contribution in [3.05, 3.63) is 46.3 Å². The standard InChI is InChI=1S/C14H17BrN2O2/c1-10(2)16-8-11-3-4-14(13(15)7-11)18-9-12-5-6-17-19-12/h3-7,10,16H,8-9H2,1-2H3. The van der Waals surface area contributed by atoms with Gasteiger partial charge in [-0.2, -0.15) is 0 Å². The predicted octanol–water partition coefficient (Wildman–Crippen LogP) is 3.51. The van der Waals surface area contributed by atoms with Gasteiger partial charge in [-0.05, 0) is 33.6 Å². The Balaban J connectivity index is 1.94. The van der Waals surface area contributed by atoms with Gasteiger partial charge >= 0.3 is 0 Å². The fourth-order valence-electron chi connectivity index (χ4n) is 1.56. The fourth-order valence-corrected chi connectivity index (χ4v) is 2.10. The number of aromatic nitrogens is 1. The molecule has 0 fully saturated rings. The molecule has 0 radical (unpaired) electrons. The summed E-state index contributed by atoms with van der Waals surface area (Å²) < 4.78 is 11.6. The minimum atomic E-state index is 0.377. The molecule has 102 valence electrons. The third-order valence-electron chi connectivity index (χ3n) is 2.57. The van der Waals surface area contributed by atoms with E-state index in [9.17, 15) is 0 Å². The number of rotatable bonds is 6. The van der Waals surface area contributed by atoms with E-state index in [1.54, 1.807) is 12.3 Å². The van der Waals surface area contributed by atoms with Crippen molar-refractivity contribution in [3.63, 3.8) is 0 Å². The Hall–Kier alpha value is -1.33. The van der Waals surface area contributed by atoms with E-state index in [0.717, 1.165) is 16.8 Å². The quantitative estimate of drug-likeness (QED) is 0.883. The molecule has 0 amide bonds. The van der Waals surface area contributed by atoms with E-state index in [2.05, 4.69) is 52.4 Å². The van der Waals surface area contributed by atoms with Crippen LogP contribution in [0, 0.1) is 0 Å². The van der Waals surface area contributed by atoms with Crippen LogP contribution in [0.25, 0.3) is 0 Å². The number of hydrogen-bond donors (Lipinski definition) is 1. The molecule has 0 spiro atoms. The SMILES string of the molecule is CC(C)NCc1ccc(OCc2ccno2)c(Br)c1. The van der Waals surface area contributed by atoms with Gasteiger partial charge in [-0.15, -0.1) is 0 Å². The van der Waals surface area contributed by atoms with Crippen molar-refractivity contribution in [2.45, 2.75) is 33.0 Å². The Morgan fingerprint density at radius 2 is 2.21 bits per heavy atom. The summed E-state index contributed by atoms with van der Waals surface area (Å²) in [6.45, 7) is 5.48. The highest BCUT2D eigenvalue weighted by atomic mass is 79.9. The average Bonchev–Trinajstić information content (AvgIpc) is 2.88. The zero-order chi connectivity index (χ0) is 13.7. The number of nitrogens with one attached hydrogen (secondary N) is 1. The number of ether oxygens (including phenoxy) is 1. The Bertz CT molecular complexity index is 512. The maximum Gasteiger partial charge on any atom is 0.174 e. The lowest BCUT2D eigenvalue weighted by Crippen LogP contribution is -2.21. The molecule has 1 aromatic heterocycles. The first-order valence-electron chi connectivity index (χ1n) is 6.19. The van der Waals surface area contributed by atoms with Crippen LogP contribution in [-0.2, 0) is 13.2 Å². The van der Waals surface area contributed by atoms with E-state index >= 15 is 0 Å². The van der Waals surface area contributed by atoms with Gasteiger partial charge < -0.3 is 14.6 Å². The van der Waals surface area contributed by atoms with E-state index in [0.29, 0.717) is 18.4 Å². The summed E-state index contributed by atoms with van der Waals surface area (Å²) in [5, 5.41) is 7.01. The molecule has 0 bridgehead atoms. The Kier molecular flexibility index (Phi) is 4.99. The molecule has 4 nitrogen and oxygen atoms in total. The number of nitrogens with zero attached hydrogens (tertiary/aromatic N) is 1. The topological polar surface area (TPSA) is 47.3 Å². The lowest BCUT2D eigenvalue weighted by Gasteiger charge is -2.11. The molecule has 5 heteroatoms. The van der Waals surface area contributed by atoms with Crippen LogP contribution in [0.3, 0.4) is 0 Å². The lowest BCUT2D eigenvalue weighted by atomic mass is 10.2. The number of hydrogen-bond acceptors (Lipinski definition) is 4. The van der Waals surface area contributed by atoms with E-state index in [1.165, 1.54) is 5.56 Å². The van der Waals surface area contributed by atoms with Crippen molar-refractivity contribution >= 4 is 15.9 Å². The van der Waals surface area contributed by atoms with Gasteiger partial charge in [-0.1, -0.05) is 25.1 Å². The summed E-state index contributed by atoms with van der Waals surface area (Å²) >= 11 is 3.52. The predicted molar refractivity (Wildman–Crippen MR) is 77.0 cm³/mol. The minimum Gasteiger partial charge on any atom is -0.484 e. The van der Waals surface area contributed by atoms with E-state index in [1.807, 2.05) is 6.07 Å². The van der Waals surface area contributed by atoms with Crippen LogP contribution in [0.4, 0.5) is 0 Å². The second-order valence-electron chi connectivity index (χ2n) is 4.57. The van der Waals surface area contributed by atoms with Gasteiger partial charge in [0, 0.05) is 18.7 Å². The third kappa shape index (κ3) is 4.36. The third-order valence-corrected chi connectivity index (χ3v) is 3.19. The van der Waals surface area contributed by atoms with Gasteiger partial charge in [0.15, 0.2) is 5.76 Å². The van der Waals surface area contributed by atoms with E-state index < -0.39 is 0 Å². The molecule has 0 unspecified atom stereocenters. The maximum atomic E-state index is 5.66.